The zero-order valence-electron chi connectivity index (χ0n) is 7.52. The lowest BCUT2D eigenvalue weighted by Gasteiger charge is -2.27. The second kappa shape index (κ2) is 2.76. The summed E-state index contributed by atoms with van der Waals surface area (Å²) in [5, 5.41) is 9.41. The van der Waals surface area contributed by atoms with Crippen LogP contribution >= 0.6 is 0 Å². The van der Waals surface area contributed by atoms with Crippen molar-refractivity contribution in [1.82, 2.24) is 9.58 Å². The minimum atomic E-state index is -0.554. The Balaban J connectivity index is 2.68. The first-order valence-corrected chi connectivity index (χ1v) is 4.05. The van der Waals surface area contributed by atoms with Crippen LogP contribution in [0.25, 0.3) is 0 Å². The van der Waals surface area contributed by atoms with E-state index in [0.717, 1.165) is 0 Å². The Hall–Kier alpha value is -1.98. The molecule has 0 fully saturated rings. The summed E-state index contributed by atoms with van der Waals surface area (Å²) < 4.78 is 1.35. The van der Waals surface area contributed by atoms with Crippen molar-refractivity contribution in [2.45, 2.75) is 0 Å². The molecule has 14 heavy (non-hydrogen) atoms. The van der Waals surface area contributed by atoms with Gasteiger partial charge in [-0.25, -0.2) is 0 Å². The average Bonchev–Trinajstić information content (AvgIpc) is 2.17. The molecule has 1 aliphatic heterocycles. The van der Waals surface area contributed by atoms with E-state index >= 15 is 0 Å². The van der Waals surface area contributed by atoms with Crippen molar-refractivity contribution in [1.29, 1.82) is 0 Å². The van der Waals surface area contributed by atoms with Gasteiger partial charge in [0.05, 0.1) is 0 Å². The van der Waals surface area contributed by atoms with Crippen molar-refractivity contribution >= 4 is 5.91 Å². The molecule has 0 atom stereocenters. The van der Waals surface area contributed by atoms with Gasteiger partial charge in [0.15, 0.2) is 11.4 Å². The normalized spacial score (nSPS) is 14.9. The fourth-order valence-corrected chi connectivity index (χ4v) is 1.30. The molecule has 0 radical (unpaired) electrons. The molecule has 6 heteroatoms. The Kier molecular flexibility index (Phi) is 1.70. The summed E-state index contributed by atoms with van der Waals surface area (Å²) in [7, 11) is 1.58. The Morgan fingerprint density at radius 3 is 2.93 bits per heavy atom. The number of nitrogens with zero attached hydrogens (tertiary/aromatic N) is 2. The lowest BCUT2D eigenvalue weighted by Crippen LogP contribution is -2.44. The van der Waals surface area contributed by atoms with Crippen LogP contribution in [-0.2, 0) is 0 Å². The highest BCUT2D eigenvalue weighted by molar-refractivity contribution is 5.95. The third-order valence-electron chi connectivity index (χ3n) is 2.10. The molecule has 0 aromatic carbocycles. The van der Waals surface area contributed by atoms with Crippen molar-refractivity contribution in [3.8, 4) is 5.75 Å². The van der Waals surface area contributed by atoms with Gasteiger partial charge >= 0.3 is 0 Å². The Morgan fingerprint density at radius 1 is 1.50 bits per heavy atom. The molecule has 0 saturated heterocycles. The van der Waals surface area contributed by atoms with Gasteiger partial charge in [-0.1, -0.05) is 0 Å². The van der Waals surface area contributed by atoms with E-state index in [1.165, 1.54) is 21.8 Å². The summed E-state index contributed by atoms with van der Waals surface area (Å²) >= 11 is 0. The molecule has 74 valence electrons. The number of amides is 1. The van der Waals surface area contributed by atoms with E-state index in [4.69, 9.17) is 0 Å². The van der Waals surface area contributed by atoms with Crippen molar-refractivity contribution in [2.24, 2.45) is 0 Å². The fourth-order valence-electron chi connectivity index (χ4n) is 1.30. The Labute approximate surface area is 79.3 Å². The molecule has 1 amide bonds. The summed E-state index contributed by atoms with van der Waals surface area (Å²) in [6, 6.07) is 1.20. The van der Waals surface area contributed by atoms with Crippen LogP contribution in [0, 0.1) is 0 Å². The smallest absolute Gasteiger partial charge is 0.277 e. The molecule has 1 aromatic heterocycles. The molecule has 2 rings (SSSR count). The third-order valence-corrected chi connectivity index (χ3v) is 2.10. The van der Waals surface area contributed by atoms with E-state index in [1.54, 1.807) is 7.05 Å². The van der Waals surface area contributed by atoms with Crippen LogP contribution in [0.4, 0.5) is 0 Å². The van der Waals surface area contributed by atoms with Crippen molar-refractivity contribution in [3.05, 3.63) is 28.2 Å². The van der Waals surface area contributed by atoms with Crippen LogP contribution in [0.5, 0.6) is 5.75 Å². The number of hydrogen-bond acceptors (Lipinski definition) is 4. The number of aromatic nitrogens is 1. The monoisotopic (exact) mass is 195 g/mol. The lowest BCUT2D eigenvalue weighted by atomic mass is 10.2. The first-order chi connectivity index (χ1) is 6.61. The number of rotatable bonds is 0. The van der Waals surface area contributed by atoms with Gasteiger partial charge in [0.1, 0.15) is 6.67 Å². The molecule has 0 aliphatic carbocycles. The predicted molar refractivity (Wildman–Crippen MR) is 48.7 cm³/mol. The molecule has 1 aliphatic rings. The number of carbonyl (C=O) groups is 1. The Morgan fingerprint density at radius 2 is 2.21 bits per heavy atom. The summed E-state index contributed by atoms with van der Waals surface area (Å²) in [5.74, 6) is -0.893. The highest BCUT2D eigenvalue weighted by atomic mass is 16.3. The van der Waals surface area contributed by atoms with Gasteiger partial charge in [0.25, 0.3) is 5.91 Å². The SMILES string of the molecule is CN1CNn2ccc(=O)c(O)c2C1=O. The summed E-state index contributed by atoms with van der Waals surface area (Å²) in [6.45, 7) is 0.341. The molecule has 0 bridgehead atoms. The number of pyridine rings is 1. The minimum Gasteiger partial charge on any atom is -0.502 e. The lowest BCUT2D eigenvalue weighted by molar-refractivity contribution is 0.0763. The minimum absolute atomic E-state index is 0.0220. The summed E-state index contributed by atoms with van der Waals surface area (Å²) in [6.07, 6.45) is 1.42. The average molecular weight is 195 g/mol. The summed E-state index contributed by atoms with van der Waals surface area (Å²) in [5.41, 5.74) is 2.26. The third kappa shape index (κ3) is 1.04. The highest BCUT2D eigenvalue weighted by Crippen LogP contribution is 2.14. The zero-order chi connectivity index (χ0) is 10.3. The maximum atomic E-state index is 11.6. The van der Waals surface area contributed by atoms with E-state index in [9.17, 15) is 14.7 Å². The predicted octanol–water partition coefficient (Wildman–Crippen LogP) is -0.859. The number of nitrogens with one attached hydrogen (secondary N) is 1. The van der Waals surface area contributed by atoms with Gasteiger partial charge in [-0.2, -0.15) is 0 Å². The second-order valence-electron chi connectivity index (χ2n) is 3.07. The van der Waals surface area contributed by atoms with Crippen LogP contribution < -0.4 is 10.9 Å². The Bertz CT molecular complexity index is 452. The van der Waals surface area contributed by atoms with Crippen LogP contribution in [0.2, 0.25) is 0 Å². The number of fused-ring (bicyclic) bond motifs is 1. The molecular weight excluding hydrogens is 186 g/mol. The van der Waals surface area contributed by atoms with Crippen molar-refractivity contribution in [2.75, 3.05) is 19.1 Å². The largest absolute Gasteiger partial charge is 0.502 e. The standard InChI is InChI=1S/C8H9N3O3/c1-10-4-9-11-3-2-5(12)7(13)6(11)8(10)14/h2-3,9,13H,4H2,1H3. The molecule has 0 unspecified atom stereocenters. The van der Waals surface area contributed by atoms with Crippen LogP contribution in [-0.4, -0.2) is 34.3 Å². The summed E-state index contributed by atoms with van der Waals surface area (Å²) in [4.78, 5) is 24.0. The number of hydrogen-bond donors (Lipinski definition) is 2. The van der Waals surface area contributed by atoms with Gasteiger partial charge in [0.2, 0.25) is 5.43 Å². The molecule has 0 spiro atoms. The van der Waals surface area contributed by atoms with Gasteiger partial charge < -0.3 is 15.4 Å². The molecular formula is C8H9N3O3. The molecule has 2 N–H and O–H groups in total. The van der Waals surface area contributed by atoms with E-state index in [-0.39, 0.29) is 11.6 Å². The topological polar surface area (TPSA) is 74.6 Å². The molecule has 1 aromatic rings. The van der Waals surface area contributed by atoms with Crippen LogP contribution in [0.1, 0.15) is 10.5 Å². The number of carbonyl (C=O) groups excluding carboxylic acids is 1. The molecule has 0 saturated carbocycles. The highest BCUT2D eigenvalue weighted by Gasteiger charge is 2.25. The van der Waals surface area contributed by atoms with Gasteiger partial charge in [-0.05, 0) is 0 Å². The first-order valence-electron chi connectivity index (χ1n) is 4.05. The second-order valence-corrected chi connectivity index (χ2v) is 3.07. The van der Waals surface area contributed by atoms with E-state index < -0.39 is 11.2 Å². The van der Waals surface area contributed by atoms with E-state index in [0.29, 0.717) is 6.67 Å². The van der Waals surface area contributed by atoms with Crippen molar-refractivity contribution < 1.29 is 9.90 Å². The van der Waals surface area contributed by atoms with Crippen LogP contribution in [0.3, 0.4) is 0 Å². The van der Waals surface area contributed by atoms with Gasteiger partial charge in [0, 0.05) is 19.3 Å². The maximum Gasteiger partial charge on any atom is 0.277 e. The van der Waals surface area contributed by atoms with Crippen LogP contribution in [0.15, 0.2) is 17.1 Å². The molecule has 6 nitrogen and oxygen atoms in total. The van der Waals surface area contributed by atoms with E-state index in [1.807, 2.05) is 0 Å². The van der Waals surface area contributed by atoms with E-state index in [2.05, 4.69) is 5.43 Å². The molecule has 2 heterocycles. The quantitative estimate of drug-likeness (QED) is 0.565. The zero-order valence-corrected chi connectivity index (χ0v) is 7.52. The van der Waals surface area contributed by atoms with Gasteiger partial charge in [-0.3, -0.25) is 14.3 Å². The maximum absolute atomic E-state index is 11.6. The van der Waals surface area contributed by atoms with Crippen molar-refractivity contribution in [3.63, 3.8) is 0 Å². The fraction of sp³-hybridized carbons (Fsp3) is 0.250. The first kappa shape index (κ1) is 8.61. The number of aromatic hydroxyl groups is 1. The van der Waals surface area contributed by atoms with Gasteiger partial charge in [-0.15, -0.1) is 0 Å².